The Labute approximate surface area is 159 Å². The highest BCUT2D eigenvalue weighted by Crippen LogP contribution is 2.09. The van der Waals surface area contributed by atoms with E-state index in [9.17, 15) is 5.11 Å². The third-order valence-corrected chi connectivity index (χ3v) is 3.57. The van der Waals surface area contributed by atoms with Crippen molar-refractivity contribution < 1.29 is 14.7 Å². The van der Waals surface area contributed by atoms with E-state index in [4.69, 9.17) is 26.9 Å². The Morgan fingerprint density at radius 1 is 1.29 bits per heavy atom. The third-order valence-electron chi connectivity index (χ3n) is 3.32. The molecule has 2 rings (SSSR count). The number of benzene rings is 1. The lowest BCUT2D eigenvalue weighted by molar-refractivity contribution is -0.0132. The van der Waals surface area contributed by atoms with Crippen LogP contribution < -0.4 is 5.73 Å². The van der Waals surface area contributed by atoms with Crippen LogP contribution in [0.1, 0.15) is 5.56 Å². The zero-order valence-corrected chi connectivity index (χ0v) is 15.7. The molecule has 1 aliphatic rings. The first-order chi connectivity index (χ1) is 10.6. The van der Waals surface area contributed by atoms with Gasteiger partial charge in [-0.2, -0.15) is 0 Å². The number of halogens is 3. The number of hydrogen-bond acceptors (Lipinski definition) is 5. The van der Waals surface area contributed by atoms with Crippen LogP contribution in [0.5, 0.6) is 0 Å². The summed E-state index contributed by atoms with van der Waals surface area (Å²) >= 11 is 5.82. The largest absolute Gasteiger partial charge is 0.392 e. The van der Waals surface area contributed by atoms with Crippen molar-refractivity contribution >= 4 is 42.3 Å². The van der Waals surface area contributed by atoms with Crippen molar-refractivity contribution in [3.8, 4) is 0 Å². The Kier molecular flexibility index (Phi) is 12.2. The highest BCUT2D eigenvalue weighted by atomic mass is 35.5. The Balaban J connectivity index is 0.00000264. The van der Waals surface area contributed by atoms with Gasteiger partial charge in [-0.1, -0.05) is 28.9 Å². The monoisotopic (exact) mass is 399 g/mol. The summed E-state index contributed by atoms with van der Waals surface area (Å²) < 4.78 is 5.26. The normalized spacial score (nSPS) is 16.7. The first kappa shape index (κ1) is 23.2. The van der Waals surface area contributed by atoms with Gasteiger partial charge in [-0.25, -0.2) is 0 Å². The summed E-state index contributed by atoms with van der Waals surface area (Å²) in [5.74, 6) is 0.362. The maximum absolute atomic E-state index is 9.90. The van der Waals surface area contributed by atoms with Crippen LogP contribution in [0.3, 0.4) is 0 Å². The van der Waals surface area contributed by atoms with Crippen LogP contribution in [-0.2, 0) is 16.0 Å². The molecule has 1 aromatic rings. The molecular formula is C15H24Cl3N3O3. The highest BCUT2D eigenvalue weighted by molar-refractivity contribution is 6.30. The van der Waals surface area contributed by atoms with Crippen LogP contribution >= 0.6 is 36.4 Å². The quantitative estimate of drug-likeness (QED) is 0.414. The number of hydrogen-bond donors (Lipinski definition) is 2. The number of aliphatic hydroxyl groups is 1. The zero-order chi connectivity index (χ0) is 15.8. The minimum atomic E-state index is -0.592. The number of aliphatic hydroxyl groups excluding tert-OH is 1. The van der Waals surface area contributed by atoms with E-state index in [2.05, 4.69) is 10.1 Å². The van der Waals surface area contributed by atoms with Crippen LogP contribution in [0.15, 0.2) is 29.4 Å². The number of nitrogens with zero attached hydrogens (tertiary/aromatic N) is 2. The summed E-state index contributed by atoms with van der Waals surface area (Å²) in [4.78, 5) is 7.26. The van der Waals surface area contributed by atoms with Gasteiger partial charge in [-0.05, 0) is 17.7 Å². The Hall–Kier alpha value is -0.760. The fraction of sp³-hybridized carbons (Fsp3) is 0.533. The average molecular weight is 401 g/mol. The van der Waals surface area contributed by atoms with Crippen LogP contribution in [0.4, 0.5) is 0 Å². The van der Waals surface area contributed by atoms with Crippen molar-refractivity contribution in [1.29, 1.82) is 0 Å². The van der Waals surface area contributed by atoms with E-state index in [0.717, 1.165) is 18.7 Å². The van der Waals surface area contributed by atoms with Gasteiger partial charge in [0.25, 0.3) is 0 Å². The van der Waals surface area contributed by atoms with Crippen molar-refractivity contribution in [2.24, 2.45) is 10.9 Å². The molecule has 0 aliphatic carbocycles. The molecule has 24 heavy (non-hydrogen) atoms. The molecular weight excluding hydrogens is 377 g/mol. The molecule has 138 valence electrons. The smallest absolute Gasteiger partial charge is 0.144 e. The van der Waals surface area contributed by atoms with Gasteiger partial charge >= 0.3 is 0 Å². The number of rotatable bonds is 7. The molecule has 3 N–H and O–H groups in total. The Bertz CT molecular complexity index is 483. The van der Waals surface area contributed by atoms with Gasteiger partial charge in [0.15, 0.2) is 0 Å². The van der Waals surface area contributed by atoms with E-state index in [0.29, 0.717) is 37.0 Å². The molecule has 0 radical (unpaired) electrons. The topological polar surface area (TPSA) is 80.3 Å². The van der Waals surface area contributed by atoms with Gasteiger partial charge in [0, 0.05) is 31.1 Å². The Morgan fingerprint density at radius 2 is 1.92 bits per heavy atom. The molecule has 1 atom stereocenters. The lowest BCUT2D eigenvalue weighted by Crippen LogP contribution is -2.42. The molecule has 0 aromatic heterocycles. The molecule has 1 heterocycles. The van der Waals surface area contributed by atoms with Crippen LogP contribution in [0.25, 0.3) is 0 Å². The standard InChI is InChI=1S/C15H22ClN3O3.2ClH/c16-13-3-1-12(2-4-13)9-15(17)18-22-11-14(20)10-19-5-7-21-8-6-19;;/h1-4,14,20H,5-11H2,(H2,17,18);2*1H. The predicted octanol–water partition coefficient (Wildman–Crippen LogP) is 1.71. The lowest BCUT2D eigenvalue weighted by atomic mass is 10.1. The lowest BCUT2D eigenvalue weighted by Gasteiger charge is -2.28. The van der Waals surface area contributed by atoms with Crippen molar-refractivity contribution in [2.45, 2.75) is 12.5 Å². The molecule has 1 unspecified atom stereocenters. The maximum atomic E-state index is 9.90. The maximum Gasteiger partial charge on any atom is 0.144 e. The molecule has 1 aliphatic heterocycles. The molecule has 6 nitrogen and oxygen atoms in total. The van der Waals surface area contributed by atoms with Gasteiger partial charge in [0.1, 0.15) is 18.5 Å². The molecule has 9 heteroatoms. The van der Waals surface area contributed by atoms with E-state index >= 15 is 0 Å². The fourth-order valence-electron chi connectivity index (χ4n) is 2.18. The zero-order valence-electron chi connectivity index (χ0n) is 13.3. The van der Waals surface area contributed by atoms with E-state index in [1.165, 1.54) is 0 Å². The Morgan fingerprint density at radius 3 is 2.54 bits per heavy atom. The first-order valence-electron chi connectivity index (χ1n) is 7.30. The number of oxime groups is 1. The molecule has 1 aromatic carbocycles. The highest BCUT2D eigenvalue weighted by Gasteiger charge is 2.15. The summed E-state index contributed by atoms with van der Waals surface area (Å²) in [6.07, 6.45) is -0.110. The van der Waals surface area contributed by atoms with Gasteiger partial charge in [-0.3, -0.25) is 4.90 Å². The number of β-amino-alcohol motifs (C(OH)–C–C–N with tert-alkyl or cyclic N) is 1. The fourth-order valence-corrected chi connectivity index (χ4v) is 2.31. The molecule has 1 fully saturated rings. The van der Waals surface area contributed by atoms with Crippen LogP contribution in [-0.4, -0.2) is 61.4 Å². The summed E-state index contributed by atoms with van der Waals surface area (Å²) in [5.41, 5.74) is 6.80. The number of amidine groups is 1. The average Bonchev–Trinajstić information content (AvgIpc) is 2.50. The van der Waals surface area contributed by atoms with E-state index in [1.54, 1.807) is 12.1 Å². The first-order valence-corrected chi connectivity index (χ1v) is 7.68. The summed E-state index contributed by atoms with van der Waals surface area (Å²) in [5, 5.41) is 14.4. The summed E-state index contributed by atoms with van der Waals surface area (Å²) in [6.45, 7) is 3.76. The predicted molar refractivity (Wildman–Crippen MR) is 100 cm³/mol. The second kappa shape index (κ2) is 12.6. The molecule has 0 amide bonds. The summed E-state index contributed by atoms with van der Waals surface area (Å²) in [7, 11) is 0. The number of ether oxygens (including phenoxy) is 1. The second-order valence-corrected chi connectivity index (χ2v) is 5.68. The minimum absolute atomic E-state index is 0. The molecule has 1 saturated heterocycles. The molecule has 0 spiro atoms. The minimum Gasteiger partial charge on any atom is -0.392 e. The van der Waals surface area contributed by atoms with Crippen molar-refractivity contribution in [3.63, 3.8) is 0 Å². The van der Waals surface area contributed by atoms with Crippen molar-refractivity contribution in [1.82, 2.24) is 4.90 Å². The second-order valence-electron chi connectivity index (χ2n) is 5.25. The van der Waals surface area contributed by atoms with Gasteiger partial charge < -0.3 is 20.4 Å². The van der Waals surface area contributed by atoms with Gasteiger partial charge in [0.2, 0.25) is 0 Å². The number of morpholine rings is 1. The third kappa shape index (κ3) is 8.92. The molecule has 0 saturated carbocycles. The van der Waals surface area contributed by atoms with Gasteiger partial charge in [-0.15, -0.1) is 24.8 Å². The van der Waals surface area contributed by atoms with Crippen LogP contribution in [0, 0.1) is 0 Å². The van der Waals surface area contributed by atoms with E-state index < -0.39 is 6.10 Å². The van der Waals surface area contributed by atoms with E-state index in [-0.39, 0.29) is 31.4 Å². The van der Waals surface area contributed by atoms with Crippen molar-refractivity contribution in [2.75, 3.05) is 39.5 Å². The molecule has 0 bridgehead atoms. The van der Waals surface area contributed by atoms with E-state index in [1.807, 2.05) is 12.1 Å². The van der Waals surface area contributed by atoms with Crippen molar-refractivity contribution in [3.05, 3.63) is 34.9 Å². The SMILES string of the molecule is Cl.Cl.N/C(Cc1ccc(Cl)cc1)=N\OCC(O)CN1CCOCC1. The van der Waals surface area contributed by atoms with Crippen LogP contribution in [0.2, 0.25) is 5.02 Å². The van der Waals surface area contributed by atoms with Gasteiger partial charge in [0.05, 0.1) is 13.2 Å². The summed E-state index contributed by atoms with van der Waals surface area (Å²) in [6, 6.07) is 7.38. The number of nitrogens with two attached hydrogens (primary N) is 1.